The van der Waals surface area contributed by atoms with Crippen molar-refractivity contribution in [2.75, 3.05) is 0 Å². The summed E-state index contributed by atoms with van der Waals surface area (Å²) < 4.78 is 0. The Kier molecular flexibility index (Phi) is 8.45. The first-order valence-electron chi connectivity index (χ1n) is 12.4. The predicted octanol–water partition coefficient (Wildman–Crippen LogP) is 8.16. The van der Waals surface area contributed by atoms with Crippen molar-refractivity contribution in [1.29, 1.82) is 0 Å². The van der Waals surface area contributed by atoms with Gasteiger partial charge in [0.25, 0.3) is 0 Å². The molecule has 0 amide bonds. The third-order valence-electron chi connectivity index (χ3n) is 8.04. The highest BCUT2D eigenvalue weighted by atomic mass is 16.3. The number of hydrogen-bond donors (Lipinski definition) is 1. The molecule has 0 atom stereocenters. The molecule has 1 aromatic rings. The molecule has 0 saturated heterocycles. The van der Waals surface area contributed by atoms with Crippen LogP contribution < -0.4 is 0 Å². The third kappa shape index (κ3) is 6.09. The SMILES string of the molecule is CCCCCC1(CCCCC2CCC(O)(c3ccccc3)CC2)CCCCC1. The highest BCUT2D eigenvalue weighted by Gasteiger charge is 2.35. The second kappa shape index (κ2) is 10.8. The average Bonchev–Trinajstić information content (AvgIpc) is 2.74. The quantitative estimate of drug-likeness (QED) is 0.403. The molecule has 0 aromatic heterocycles. The smallest absolute Gasteiger partial charge is 0.0896 e. The topological polar surface area (TPSA) is 20.2 Å². The molecular weight excluding hydrogens is 340 g/mol. The van der Waals surface area contributed by atoms with Crippen molar-refractivity contribution in [1.82, 2.24) is 0 Å². The Labute approximate surface area is 174 Å². The van der Waals surface area contributed by atoms with Crippen molar-refractivity contribution in [3.63, 3.8) is 0 Å². The first-order valence-corrected chi connectivity index (χ1v) is 12.4. The van der Waals surface area contributed by atoms with Gasteiger partial charge in [0.2, 0.25) is 0 Å². The van der Waals surface area contributed by atoms with Gasteiger partial charge in [-0.1, -0.05) is 95.0 Å². The van der Waals surface area contributed by atoms with Crippen LogP contribution in [0.3, 0.4) is 0 Å². The zero-order valence-electron chi connectivity index (χ0n) is 18.4. The number of benzene rings is 1. The lowest BCUT2D eigenvalue weighted by molar-refractivity contribution is -0.0155. The maximum Gasteiger partial charge on any atom is 0.0896 e. The zero-order chi connectivity index (χ0) is 19.7. The molecular formula is C27H44O. The van der Waals surface area contributed by atoms with E-state index in [2.05, 4.69) is 31.2 Å². The molecule has 0 radical (unpaired) electrons. The lowest BCUT2D eigenvalue weighted by Crippen LogP contribution is -2.31. The van der Waals surface area contributed by atoms with E-state index < -0.39 is 5.60 Å². The summed E-state index contributed by atoms with van der Waals surface area (Å²) in [5.41, 5.74) is 1.26. The standard InChI is InChI=1S/C27H44O/c1-2-3-9-18-26(19-10-5-11-20-26)21-12-8-13-24-16-22-27(28,23-17-24)25-14-6-4-7-15-25/h4,6-7,14-15,24,28H,2-3,5,8-13,16-23H2,1H3. The van der Waals surface area contributed by atoms with E-state index in [-0.39, 0.29) is 0 Å². The van der Waals surface area contributed by atoms with Crippen LogP contribution in [-0.2, 0) is 5.60 Å². The van der Waals surface area contributed by atoms with Crippen molar-refractivity contribution >= 4 is 0 Å². The lowest BCUT2D eigenvalue weighted by atomic mass is 9.67. The van der Waals surface area contributed by atoms with Crippen LogP contribution in [0, 0.1) is 11.3 Å². The summed E-state index contributed by atoms with van der Waals surface area (Å²) in [6.07, 6.45) is 23.2. The number of unbranched alkanes of at least 4 members (excludes halogenated alkanes) is 3. The minimum absolute atomic E-state index is 0.566. The second-order valence-electron chi connectivity index (χ2n) is 10.1. The lowest BCUT2D eigenvalue weighted by Gasteiger charge is -2.38. The summed E-state index contributed by atoms with van der Waals surface area (Å²) in [5, 5.41) is 11.0. The highest BCUT2D eigenvalue weighted by Crippen LogP contribution is 2.45. The normalized spacial score (nSPS) is 27.6. The molecule has 2 aliphatic rings. The van der Waals surface area contributed by atoms with Gasteiger partial charge in [0, 0.05) is 0 Å². The Bertz CT molecular complexity index is 535. The van der Waals surface area contributed by atoms with Gasteiger partial charge in [-0.15, -0.1) is 0 Å². The maximum absolute atomic E-state index is 11.0. The minimum Gasteiger partial charge on any atom is -0.385 e. The van der Waals surface area contributed by atoms with Gasteiger partial charge in [-0.3, -0.25) is 0 Å². The first-order chi connectivity index (χ1) is 13.7. The Morgan fingerprint density at radius 2 is 1.46 bits per heavy atom. The summed E-state index contributed by atoms with van der Waals surface area (Å²) >= 11 is 0. The van der Waals surface area contributed by atoms with Crippen molar-refractivity contribution in [3.05, 3.63) is 35.9 Å². The molecule has 1 heteroatoms. The van der Waals surface area contributed by atoms with E-state index in [0.717, 1.165) is 24.3 Å². The van der Waals surface area contributed by atoms with Gasteiger partial charge in [-0.05, 0) is 68.3 Å². The van der Waals surface area contributed by atoms with E-state index in [1.54, 1.807) is 0 Å². The molecule has 1 N–H and O–H groups in total. The molecule has 0 bridgehead atoms. The first kappa shape index (κ1) is 21.9. The molecule has 2 saturated carbocycles. The van der Waals surface area contributed by atoms with Crippen molar-refractivity contribution in [3.8, 4) is 0 Å². The Morgan fingerprint density at radius 3 is 2.11 bits per heavy atom. The zero-order valence-corrected chi connectivity index (χ0v) is 18.4. The molecule has 1 aromatic carbocycles. The van der Waals surface area contributed by atoms with Crippen molar-refractivity contribution in [2.24, 2.45) is 11.3 Å². The van der Waals surface area contributed by atoms with Gasteiger partial charge < -0.3 is 5.11 Å². The molecule has 2 aliphatic carbocycles. The summed E-state index contributed by atoms with van der Waals surface area (Å²) in [4.78, 5) is 0. The fourth-order valence-corrected chi connectivity index (χ4v) is 6.09. The Balaban J connectivity index is 1.38. The molecule has 1 nitrogen and oxygen atoms in total. The molecule has 0 spiro atoms. The molecule has 2 fully saturated rings. The number of rotatable bonds is 10. The van der Waals surface area contributed by atoms with Gasteiger partial charge in [0.15, 0.2) is 0 Å². The van der Waals surface area contributed by atoms with Gasteiger partial charge in [0.1, 0.15) is 0 Å². The summed E-state index contributed by atoms with van der Waals surface area (Å²) in [6, 6.07) is 10.4. The van der Waals surface area contributed by atoms with Crippen LogP contribution in [-0.4, -0.2) is 5.11 Å². The molecule has 0 unspecified atom stereocenters. The van der Waals surface area contributed by atoms with Gasteiger partial charge in [-0.2, -0.15) is 0 Å². The van der Waals surface area contributed by atoms with Crippen molar-refractivity contribution in [2.45, 2.75) is 122 Å². The predicted molar refractivity (Wildman–Crippen MR) is 120 cm³/mol. The van der Waals surface area contributed by atoms with Crippen LogP contribution in [0.15, 0.2) is 30.3 Å². The van der Waals surface area contributed by atoms with Crippen LogP contribution in [0.5, 0.6) is 0 Å². The second-order valence-corrected chi connectivity index (χ2v) is 10.1. The van der Waals surface area contributed by atoms with E-state index in [0.29, 0.717) is 5.41 Å². The van der Waals surface area contributed by atoms with Crippen LogP contribution >= 0.6 is 0 Å². The fourth-order valence-electron chi connectivity index (χ4n) is 6.09. The fraction of sp³-hybridized carbons (Fsp3) is 0.778. The number of aliphatic hydroxyl groups is 1. The summed E-state index contributed by atoms with van der Waals surface area (Å²) in [6.45, 7) is 2.33. The van der Waals surface area contributed by atoms with Gasteiger partial charge in [-0.25, -0.2) is 0 Å². The monoisotopic (exact) mass is 384 g/mol. The van der Waals surface area contributed by atoms with E-state index >= 15 is 0 Å². The van der Waals surface area contributed by atoms with Crippen LogP contribution in [0.1, 0.15) is 122 Å². The minimum atomic E-state index is -0.566. The highest BCUT2D eigenvalue weighted by molar-refractivity contribution is 5.22. The largest absolute Gasteiger partial charge is 0.385 e. The molecule has 0 aliphatic heterocycles. The van der Waals surface area contributed by atoms with E-state index in [4.69, 9.17) is 0 Å². The molecule has 28 heavy (non-hydrogen) atoms. The molecule has 3 rings (SSSR count). The Hall–Kier alpha value is -0.820. The Morgan fingerprint density at radius 1 is 0.821 bits per heavy atom. The van der Waals surface area contributed by atoms with E-state index in [1.807, 2.05) is 6.07 Å². The summed E-state index contributed by atoms with van der Waals surface area (Å²) in [5.74, 6) is 0.839. The van der Waals surface area contributed by atoms with Crippen LogP contribution in [0.2, 0.25) is 0 Å². The van der Waals surface area contributed by atoms with E-state index in [9.17, 15) is 5.11 Å². The molecule has 158 valence electrons. The third-order valence-corrected chi connectivity index (χ3v) is 8.04. The van der Waals surface area contributed by atoms with Crippen molar-refractivity contribution < 1.29 is 5.11 Å². The number of hydrogen-bond acceptors (Lipinski definition) is 1. The van der Waals surface area contributed by atoms with Gasteiger partial charge in [0.05, 0.1) is 5.60 Å². The van der Waals surface area contributed by atoms with Crippen LogP contribution in [0.25, 0.3) is 0 Å². The molecule has 0 heterocycles. The maximum atomic E-state index is 11.0. The average molecular weight is 385 g/mol. The summed E-state index contributed by atoms with van der Waals surface area (Å²) in [7, 11) is 0. The van der Waals surface area contributed by atoms with E-state index in [1.165, 1.54) is 96.3 Å². The van der Waals surface area contributed by atoms with Crippen LogP contribution in [0.4, 0.5) is 0 Å². The van der Waals surface area contributed by atoms with Gasteiger partial charge >= 0.3 is 0 Å².